The molecule has 0 unspecified atom stereocenters. The maximum atomic E-state index is 11.0. The minimum Gasteiger partial charge on any atom is -0.716 e. The second-order valence-electron chi connectivity index (χ2n) is 4.65. The molecule has 11 nitrogen and oxygen atoms in total. The molecule has 0 aromatic heterocycles. The van der Waals surface area contributed by atoms with Crippen molar-refractivity contribution < 1.29 is 131 Å². The molecule has 15 heteroatoms. The summed E-state index contributed by atoms with van der Waals surface area (Å²) in [5.74, 6) is -4.77. The van der Waals surface area contributed by atoms with Crippen LogP contribution in [0.4, 0.5) is 11.4 Å². The number of carbonyl (C=O) groups excluding carboxylic acids is 2. The van der Waals surface area contributed by atoms with Crippen LogP contribution < -0.4 is 103 Å². The number of carboxylic acid groups (broad SMARTS) is 2. The first-order valence-electron chi connectivity index (χ1n) is 6.53. The van der Waals surface area contributed by atoms with Crippen LogP contribution >= 0.6 is 0 Å². The van der Waals surface area contributed by atoms with Crippen LogP contribution in [0.15, 0.2) is 46.6 Å². The van der Waals surface area contributed by atoms with Gasteiger partial charge in [-0.05, 0) is 36.4 Å². The van der Waals surface area contributed by atoms with Crippen LogP contribution in [0.3, 0.4) is 0 Å². The minimum absolute atomic E-state index is 0. The fourth-order valence-electron chi connectivity index (χ4n) is 1.79. The maximum absolute atomic E-state index is 11.0. The van der Waals surface area contributed by atoms with Crippen molar-refractivity contribution in [2.75, 3.05) is 0 Å². The average molecular weight is 448 g/mol. The zero-order valence-electron chi connectivity index (χ0n) is 15.5. The van der Waals surface area contributed by atoms with Crippen LogP contribution in [0, 0.1) is 0 Å². The predicted octanol–water partition coefficient (Wildman–Crippen LogP) is -9.61. The van der Waals surface area contributed by atoms with Gasteiger partial charge in [-0.2, -0.15) is 10.2 Å². The van der Waals surface area contributed by atoms with Crippen molar-refractivity contribution >= 4 is 33.7 Å². The second-order valence-corrected chi connectivity index (χ2v) is 5.63. The van der Waals surface area contributed by atoms with Crippen molar-refractivity contribution in [3.05, 3.63) is 47.5 Å². The normalized spacial score (nSPS) is 10.2. The Bertz CT molecular complexity index is 1030. The van der Waals surface area contributed by atoms with E-state index >= 15 is 0 Å². The van der Waals surface area contributed by atoms with Crippen molar-refractivity contribution in [3.8, 4) is 11.5 Å². The van der Waals surface area contributed by atoms with E-state index in [1.165, 1.54) is 6.07 Å². The van der Waals surface area contributed by atoms with Crippen LogP contribution in [0.2, 0.25) is 0 Å². The molecular formula is C14H7N2Na3O9S. The number of aromatic hydroxyl groups is 1. The molecule has 0 saturated carbocycles. The fourth-order valence-corrected chi connectivity index (χ4v) is 2.15. The summed E-state index contributed by atoms with van der Waals surface area (Å²) in [6.07, 6.45) is 0. The minimum atomic E-state index is -5.20. The van der Waals surface area contributed by atoms with Crippen molar-refractivity contribution in [2.24, 2.45) is 10.2 Å². The largest absolute Gasteiger partial charge is 1.00 e. The first kappa shape index (κ1) is 30.7. The molecule has 0 aliphatic rings. The Balaban J connectivity index is 0. The average Bonchev–Trinajstić information content (AvgIpc) is 2.53. The number of phenols is 1. The van der Waals surface area contributed by atoms with Crippen LogP contribution in [-0.4, -0.2) is 30.0 Å². The third-order valence-electron chi connectivity index (χ3n) is 2.86. The third kappa shape index (κ3) is 9.44. The van der Waals surface area contributed by atoms with E-state index in [1.54, 1.807) is 0 Å². The second kappa shape index (κ2) is 13.0. The summed E-state index contributed by atoms with van der Waals surface area (Å²) in [5, 5.41) is 38.5. The molecule has 0 amide bonds. The van der Waals surface area contributed by atoms with Crippen molar-refractivity contribution in [1.29, 1.82) is 0 Å². The smallest absolute Gasteiger partial charge is 0.716 e. The molecule has 0 spiro atoms. The molecule has 1 N–H and O–H groups in total. The summed E-state index contributed by atoms with van der Waals surface area (Å²) in [6.45, 7) is 0. The van der Waals surface area contributed by atoms with E-state index < -0.39 is 45.0 Å². The first-order valence-corrected chi connectivity index (χ1v) is 7.87. The van der Waals surface area contributed by atoms with Crippen LogP contribution in [0.25, 0.3) is 0 Å². The van der Waals surface area contributed by atoms with Gasteiger partial charge in [0.1, 0.15) is 5.75 Å². The van der Waals surface area contributed by atoms with Gasteiger partial charge in [-0.3, -0.25) is 0 Å². The van der Waals surface area contributed by atoms with E-state index in [9.17, 15) is 37.9 Å². The van der Waals surface area contributed by atoms with Gasteiger partial charge in [0.2, 0.25) is 0 Å². The van der Waals surface area contributed by atoms with Crippen LogP contribution in [0.1, 0.15) is 20.7 Å². The Kier molecular flexibility index (Phi) is 13.8. The number of carboxylic acids is 2. The number of benzene rings is 2. The Labute approximate surface area is 231 Å². The fraction of sp³-hybridized carbons (Fsp3) is 0. The molecule has 0 atom stereocenters. The summed E-state index contributed by atoms with van der Waals surface area (Å²) < 4.78 is 35.7. The SMILES string of the molecule is O=C([O-])c1cc(N=Nc2ccc(OS(=O)(=O)[O-])c(C(=O)[O-])c2)ccc1O.[Na+].[Na+].[Na+]. The number of nitrogens with zero attached hydrogens (tertiary/aromatic N) is 2. The van der Waals surface area contributed by atoms with E-state index in [1.807, 2.05) is 0 Å². The van der Waals surface area contributed by atoms with Crippen LogP contribution in [-0.2, 0) is 10.4 Å². The Hall–Kier alpha value is -0.510. The summed E-state index contributed by atoms with van der Waals surface area (Å²) in [7, 11) is -5.20. The van der Waals surface area contributed by atoms with E-state index in [0.717, 1.165) is 30.3 Å². The summed E-state index contributed by atoms with van der Waals surface area (Å²) in [5.41, 5.74) is -1.38. The number of hydrogen-bond acceptors (Lipinski definition) is 11. The van der Waals surface area contributed by atoms with Gasteiger partial charge in [-0.15, -0.1) is 0 Å². The number of rotatable bonds is 6. The quantitative estimate of drug-likeness (QED) is 0.193. The Morgan fingerprint density at radius 2 is 1.31 bits per heavy atom. The third-order valence-corrected chi connectivity index (χ3v) is 3.24. The first-order chi connectivity index (χ1) is 12.1. The Morgan fingerprint density at radius 3 is 1.76 bits per heavy atom. The zero-order chi connectivity index (χ0) is 19.5. The summed E-state index contributed by atoms with van der Waals surface area (Å²) in [4.78, 5) is 21.8. The molecule has 0 saturated heterocycles. The topological polar surface area (TPSA) is 192 Å². The van der Waals surface area contributed by atoms with Gasteiger partial charge in [-0.1, -0.05) is 0 Å². The molecule has 2 aromatic carbocycles. The molecule has 0 fully saturated rings. The van der Waals surface area contributed by atoms with Gasteiger partial charge < -0.3 is 33.6 Å². The van der Waals surface area contributed by atoms with Gasteiger partial charge in [0, 0.05) is 11.1 Å². The van der Waals surface area contributed by atoms with Crippen molar-refractivity contribution in [2.45, 2.75) is 0 Å². The molecule has 2 rings (SSSR count). The monoisotopic (exact) mass is 448 g/mol. The molecule has 0 radical (unpaired) electrons. The zero-order valence-corrected chi connectivity index (χ0v) is 22.3. The number of carbonyl (C=O) groups is 2. The standard InChI is InChI=1S/C14H10N2O9S.3Na/c17-11-3-1-7(5-9(11)13(18)19)15-16-8-2-4-12(25-26(22,23)24)10(6-8)14(20)21;;;/h1-6,17H,(H,18,19)(H,20,21)(H,22,23,24);;;/q;3*+1/p-3. The number of aromatic carboxylic acids is 2. The van der Waals surface area contributed by atoms with Gasteiger partial charge in [0.15, 0.2) is 5.75 Å². The predicted molar refractivity (Wildman–Crippen MR) is 77.7 cm³/mol. The summed E-state index contributed by atoms with van der Waals surface area (Å²) >= 11 is 0. The molecule has 2 aromatic rings. The van der Waals surface area contributed by atoms with Crippen molar-refractivity contribution in [1.82, 2.24) is 0 Å². The van der Waals surface area contributed by atoms with Crippen molar-refractivity contribution in [3.63, 3.8) is 0 Å². The number of hydrogen-bond donors (Lipinski definition) is 1. The molecule has 0 aliphatic carbocycles. The molecule has 136 valence electrons. The molecule has 0 heterocycles. The van der Waals surface area contributed by atoms with E-state index in [0.29, 0.717) is 0 Å². The van der Waals surface area contributed by atoms with Gasteiger partial charge in [0.05, 0.1) is 23.3 Å². The molecular weight excluding hydrogens is 441 g/mol. The summed E-state index contributed by atoms with van der Waals surface area (Å²) in [6, 6.07) is 6.03. The molecule has 0 aliphatic heterocycles. The molecule has 0 bridgehead atoms. The van der Waals surface area contributed by atoms with Crippen LogP contribution in [0.5, 0.6) is 11.5 Å². The van der Waals surface area contributed by atoms with E-state index in [-0.39, 0.29) is 100 Å². The van der Waals surface area contributed by atoms with Gasteiger partial charge >= 0.3 is 88.7 Å². The van der Waals surface area contributed by atoms with E-state index in [4.69, 9.17) is 0 Å². The van der Waals surface area contributed by atoms with Gasteiger partial charge in [0.25, 0.3) is 10.4 Å². The molecule has 29 heavy (non-hydrogen) atoms. The van der Waals surface area contributed by atoms with E-state index in [2.05, 4.69) is 14.4 Å². The Morgan fingerprint density at radius 1 is 0.862 bits per heavy atom. The number of azo groups is 1. The van der Waals surface area contributed by atoms with Gasteiger partial charge in [-0.25, -0.2) is 8.42 Å². The maximum Gasteiger partial charge on any atom is 1.00 e.